The predicted octanol–water partition coefficient (Wildman–Crippen LogP) is 3.67. The SMILES string of the molecule is Cc1nc(C2CCN(Cc3cc4ccccc4s3)CC2)cc(=O)[nH]1. The van der Waals surface area contributed by atoms with Gasteiger partial charge in [-0.05, 0) is 50.4 Å². The topological polar surface area (TPSA) is 49.0 Å². The number of hydrogen-bond acceptors (Lipinski definition) is 4. The van der Waals surface area contributed by atoms with Crippen LogP contribution in [0.5, 0.6) is 0 Å². The number of nitrogens with one attached hydrogen (secondary N) is 1. The smallest absolute Gasteiger partial charge is 0.251 e. The lowest BCUT2D eigenvalue weighted by atomic mass is 9.93. The summed E-state index contributed by atoms with van der Waals surface area (Å²) in [6.45, 7) is 4.99. The zero-order chi connectivity index (χ0) is 16.5. The molecule has 4 rings (SSSR count). The summed E-state index contributed by atoms with van der Waals surface area (Å²) in [4.78, 5) is 22.8. The minimum Gasteiger partial charge on any atom is -0.311 e. The number of piperidine rings is 1. The van der Waals surface area contributed by atoms with Crippen molar-refractivity contribution in [1.29, 1.82) is 0 Å². The average molecular weight is 339 g/mol. The van der Waals surface area contributed by atoms with Crippen molar-refractivity contribution in [2.75, 3.05) is 13.1 Å². The third-order valence-corrected chi connectivity index (χ3v) is 5.84. The Morgan fingerprint density at radius 2 is 2.04 bits per heavy atom. The number of hydrogen-bond donors (Lipinski definition) is 1. The number of thiophene rings is 1. The summed E-state index contributed by atoms with van der Waals surface area (Å²) in [7, 11) is 0. The van der Waals surface area contributed by atoms with Crippen LogP contribution < -0.4 is 5.56 Å². The van der Waals surface area contributed by atoms with Crippen LogP contribution in [0.4, 0.5) is 0 Å². The van der Waals surface area contributed by atoms with Gasteiger partial charge in [0.1, 0.15) is 5.82 Å². The van der Waals surface area contributed by atoms with Crippen LogP contribution in [0.25, 0.3) is 10.1 Å². The minimum absolute atomic E-state index is 0.0368. The van der Waals surface area contributed by atoms with Gasteiger partial charge in [0.2, 0.25) is 0 Å². The standard InChI is InChI=1S/C19H21N3OS/c1-13-20-17(11-19(23)21-13)14-6-8-22(9-7-14)12-16-10-15-4-2-3-5-18(15)24-16/h2-5,10-11,14H,6-9,12H2,1H3,(H,20,21,23). The molecule has 1 fully saturated rings. The molecule has 0 bridgehead atoms. The van der Waals surface area contributed by atoms with Crippen molar-refractivity contribution in [2.45, 2.75) is 32.2 Å². The fraction of sp³-hybridized carbons (Fsp3) is 0.368. The molecule has 24 heavy (non-hydrogen) atoms. The van der Waals surface area contributed by atoms with Gasteiger partial charge < -0.3 is 4.98 Å². The Morgan fingerprint density at radius 3 is 2.79 bits per heavy atom. The first kappa shape index (κ1) is 15.5. The maximum absolute atomic E-state index is 11.6. The highest BCUT2D eigenvalue weighted by molar-refractivity contribution is 7.19. The maximum Gasteiger partial charge on any atom is 0.251 e. The number of likely N-dealkylation sites (tertiary alicyclic amines) is 1. The third-order valence-electron chi connectivity index (χ3n) is 4.74. The van der Waals surface area contributed by atoms with E-state index in [0.29, 0.717) is 11.7 Å². The van der Waals surface area contributed by atoms with E-state index in [1.54, 1.807) is 6.07 Å². The molecule has 3 heterocycles. The first-order valence-corrected chi connectivity index (χ1v) is 9.27. The fourth-order valence-corrected chi connectivity index (χ4v) is 4.64. The summed E-state index contributed by atoms with van der Waals surface area (Å²) in [5, 5.41) is 1.34. The molecule has 1 N–H and O–H groups in total. The highest BCUT2D eigenvalue weighted by Gasteiger charge is 2.22. The fourth-order valence-electron chi connectivity index (χ4n) is 3.53. The first-order valence-electron chi connectivity index (χ1n) is 8.45. The monoisotopic (exact) mass is 339 g/mol. The van der Waals surface area contributed by atoms with Gasteiger partial charge in [0.25, 0.3) is 5.56 Å². The van der Waals surface area contributed by atoms with Gasteiger partial charge in [0.15, 0.2) is 0 Å². The molecule has 5 heteroatoms. The number of aromatic nitrogens is 2. The normalized spacial score (nSPS) is 16.7. The van der Waals surface area contributed by atoms with Crippen LogP contribution in [-0.2, 0) is 6.54 Å². The van der Waals surface area contributed by atoms with E-state index < -0.39 is 0 Å². The molecule has 0 atom stereocenters. The second kappa shape index (κ2) is 6.49. The third kappa shape index (κ3) is 3.28. The summed E-state index contributed by atoms with van der Waals surface area (Å²) >= 11 is 1.89. The van der Waals surface area contributed by atoms with E-state index in [1.165, 1.54) is 15.0 Å². The van der Waals surface area contributed by atoms with Gasteiger partial charge in [-0.1, -0.05) is 18.2 Å². The van der Waals surface area contributed by atoms with Gasteiger partial charge in [0.05, 0.1) is 5.69 Å². The van der Waals surface area contributed by atoms with E-state index in [1.807, 2.05) is 18.3 Å². The number of rotatable bonds is 3. The van der Waals surface area contributed by atoms with Crippen LogP contribution in [-0.4, -0.2) is 28.0 Å². The number of aromatic amines is 1. The molecule has 0 spiro atoms. The van der Waals surface area contributed by atoms with E-state index in [9.17, 15) is 4.79 Å². The molecule has 0 unspecified atom stereocenters. The molecule has 124 valence electrons. The highest BCUT2D eigenvalue weighted by atomic mass is 32.1. The number of H-pyrrole nitrogens is 1. The number of fused-ring (bicyclic) bond motifs is 1. The van der Waals surface area contributed by atoms with Crippen molar-refractivity contribution >= 4 is 21.4 Å². The Labute approximate surface area is 145 Å². The van der Waals surface area contributed by atoms with Crippen LogP contribution in [0.2, 0.25) is 0 Å². The number of nitrogens with zero attached hydrogens (tertiary/aromatic N) is 2. The van der Waals surface area contributed by atoms with Crippen LogP contribution in [0.3, 0.4) is 0 Å². The first-order chi connectivity index (χ1) is 11.7. The molecule has 0 aliphatic carbocycles. The van der Waals surface area contributed by atoms with E-state index >= 15 is 0 Å². The summed E-state index contributed by atoms with van der Waals surface area (Å²) in [6.07, 6.45) is 2.14. The van der Waals surface area contributed by atoms with Crippen molar-refractivity contribution in [2.24, 2.45) is 0 Å². The second-order valence-corrected chi connectivity index (χ2v) is 7.72. The van der Waals surface area contributed by atoms with Gasteiger partial charge in [-0.2, -0.15) is 0 Å². The van der Waals surface area contributed by atoms with Gasteiger partial charge in [-0.25, -0.2) is 4.98 Å². The summed E-state index contributed by atoms with van der Waals surface area (Å²) in [6, 6.07) is 12.6. The predicted molar refractivity (Wildman–Crippen MR) is 98.7 cm³/mol. The van der Waals surface area contributed by atoms with E-state index in [0.717, 1.165) is 38.2 Å². The molecule has 0 amide bonds. The largest absolute Gasteiger partial charge is 0.311 e. The van der Waals surface area contributed by atoms with Gasteiger partial charge in [-0.15, -0.1) is 11.3 Å². The Kier molecular flexibility index (Phi) is 4.21. The summed E-state index contributed by atoms with van der Waals surface area (Å²) in [5.41, 5.74) is 0.919. The quantitative estimate of drug-likeness (QED) is 0.792. The van der Waals surface area contributed by atoms with Crippen LogP contribution in [0.1, 0.15) is 35.2 Å². The molecular formula is C19H21N3OS. The Balaban J connectivity index is 1.41. The maximum atomic E-state index is 11.6. The Hall–Kier alpha value is -1.98. The molecule has 3 aromatic rings. The summed E-state index contributed by atoms with van der Waals surface area (Å²) in [5.74, 6) is 1.12. The zero-order valence-electron chi connectivity index (χ0n) is 13.8. The number of benzene rings is 1. The van der Waals surface area contributed by atoms with Crippen molar-refractivity contribution < 1.29 is 0 Å². The zero-order valence-corrected chi connectivity index (χ0v) is 14.6. The van der Waals surface area contributed by atoms with Gasteiger partial charge in [-0.3, -0.25) is 9.69 Å². The van der Waals surface area contributed by atoms with E-state index in [-0.39, 0.29) is 5.56 Å². The van der Waals surface area contributed by atoms with Gasteiger partial charge in [0, 0.05) is 28.1 Å². The molecule has 1 aliphatic rings. The van der Waals surface area contributed by atoms with Crippen molar-refractivity contribution in [3.8, 4) is 0 Å². The average Bonchev–Trinajstić information content (AvgIpc) is 2.97. The van der Waals surface area contributed by atoms with Crippen LogP contribution in [0.15, 0.2) is 41.2 Å². The van der Waals surface area contributed by atoms with Crippen LogP contribution in [0, 0.1) is 6.92 Å². The Bertz CT molecular complexity index is 873. The lowest BCUT2D eigenvalue weighted by Gasteiger charge is -2.31. The van der Waals surface area contributed by atoms with Crippen LogP contribution >= 0.6 is 11.3 Å². The second-order valence-electron chi connectivity index (χ2n) is 6.56. The van der Waals surface area contributed by atoms with Crippen molar-refractivity contribution in [3.05, 3.63) is 63.1 Å². The molecule has 0 radical (unpaired) electrons. The molecule has 0 saturated carbocycles. The van der Waals surface area contributed by atoms with E-state index in [4.69, 9.17) is 0 Å². The van der Waals surface area contributed by atoms with Crippen molar-refractivity contribution in [3.63, 3.8) is 0 Å². The lowest BCUT2D eigenvalue weighted by molar-refractivity contribution is 0.204. The molecular weight excluding hydrogens is 318 g/mol. The number of aryl methyl sites for hydroxylation is 1. The molecule has 1 aromatic carbocycles. The summed E-state index contributed by atoms with van der Waals surface area (Å²) < 4.78 is 1.37. The highest BCUT2D eigenvalue weighted by Crippen LogP contribution is 2.30. The molecule has 1 aliphatic heterocycles. The van der Waals surface area contributed by atoms with Crippen molar-refractivity contribution in [1.82, 2.24) is 14.9 Å². The lowest BCUT2D eigenvalue weighted by Crippen LogP contribution is -2.32. The molecule has 2 aromatic heterocycles. The molecule has 4 nitrogen and oxygen atoms in total. The van der Waals surface area contributed by atoms with E-state index in [2.05, 4.69) is 45.2 Å². The Morgan fingerprint density at radius 1 is 1.25 bits per heavy atom. The van der Waals surface area contributed by atoms with Gasteiger partial charge >= 0.3 is 0 Å². The molecule has 1 saturated heterocycles. The minimum atomic E-state index is -0.0368.